The number of nitrogens with one attached hydrogen (secondary N) is 2. The maximum absolute atomic E-state index is 14.7. The van der Waals surface area contributed by atoms with E-state index in [9.17, 15) is 9.18 Å². The lowest BCUT2D eigenvalue weighted by atomic mass is 9.74. The molecule has 1 saturated carbocycles. The Morgan fingerprint density at radius 3 is 2.57 bits per heavy atom. The van der Waals surface area contributed by atoms with Crippen LogP contribution >= 0.6 is 0 Å². The zero-order valence-corrected chi connectivity index (χ0v) is 24.7. The third-order valence-corrected chi connectivity index (χ3v) is 9.57. The van der Waals surface area contributed by atoms with Crippen LogP contribution in [0.2, 0.25) is 0 Å². The summed E-state index contributed by atoms with van der Waals surface area (Å²) in [6, 6.07) is 15.8. The Hall–Kier alpha value is -3.82. The monoisotopic (exact) mass is 567 g/mol. The normalized spacial score (nSPS) is 21.4. The number of carbonyl (C=O) groups is 1. The Morgan fingerprint density at radius 1 is 1.10 bits per heavy atom. The van der Waals surface area contributed by atoms with E-state index < -0.39 is 5.41 Å². The molecule has 2 aromatic carbocycles. The van der Waals surface area contributed by atoms with Gasteiger partial charge in [0.05, 0.1) is 28.6 Å². The molecule has 0 unspecified atom stereocenters. The molecule has 4 heterocycles. The predicted molar refractivity (Wildman–Crippen MR) is 165 cm³/mol. The van der Waals surface area contributed by atoms with E-state index in [0.29, 0.717) is 17.5 Å². The first-order valence-corrected chi connectivity index (χ1v) is 15.0. The molecule has 9 heteroatoms. The van der Waals surface area contributed by atoms with Crippen LogP contribution in [0.5, 0.6) is 0 Å². The van der Waals surface area contributed by atoms with Gasteiger partial charge >= 0.3 is 0 Å². The summed E-state index contributed by atoms with van der Waals surface area (Å²) in [5, 5.41) is 6.70. The number of imidazole rings is 1. The lowest BCUT2D eigenvalue weighted by Gasteiger charge is -2.45. The van der Waals surface area contributed by atoms with Crippen LogP contribution in [0.1, 0.15) is 51.1 Å². The fourth-order valence-electron chi connectivity index (χ4n) is 7.02. The highest BCUT2D eigenvalue weighted by Gasteiger charge is 2.54. The molecule has 2 N–H and O–H groups in total. The summed E-state index contributed by atoms with van der Waals surface area (Å²) in [6.45, 7) is 5.86. The van der Waals surface area contributed by atoms with Gasteiger partial charge in [0.15, 0.2) is 5.82 Å². The third kappa shape index (κ3) is 4.21. The molecule has 42 heavy (non-hydrogen) atoms. The molecule has 1 saturated heterocycles. The molecule has 1 spiro atoms. The molecule has 8 nitrogen and oxygen atoms in total. The predicted octanol–water partition coefficient (Wildman–Crippen LogP) is 5.62. The summed E-state index contributed by atoms with van der Waals surface area (Å²) in [4.78, 5) is 28.4. The number of piperidine rings is 1. The molecule has 3 aliphatic rings. The summed E-state index contributed by atoms with van der Waals surface area (Å²) >= 11 is 0. The van der Waals surface area contributed by atoms with Crippen molar-refractivity contribution < 1.29 is 9.18 Å². The topological polar surface area (TPSA) is 78.3 Å². The molecule has 0 bridgehead atoms. The number of pyridine rings is 1. The van der Waals surface area contributed by atoms with Crippen LogP contribution in [0.15, 0.2) is 54.9 Å². The number of aromatic nitrogens is 3. The average Bonchev–Trinajstić information content (AvgIpc) is 3.48. The first kappa shape index (κ1) is 27.0. The summed E-state index contributed by atoms with van der Waals surface area (Å²) in [5.74, 6) is 0.457. The second-order valence-corrected chi connectivity index (χ2v) is 12.6. The van der Waals surface area contributed by atoms with E-state index in [1.807, 2.05) is 12.4 Å². The van der Waals surface area contributed by atoms with Gasteiger partial charge < -0.3 is 25.0 Å². The molecule has 0 radical (unpaired) electrons. The highest BCUT2D eigenvalue weighted by Crippen LogP contribution is 2.51. The minimum Gasteiger partial charge on any atom is -0.336 e. The summed E-state index contributed by atoms with van der Waals surface area (Å²) in [6.07, 6.45) is 5.39. The SMILES string of the molecule is CC(C)n1cnc2cc(-c3ccc4c(c3)N([C@H]3C[C@@H](N(C)C)C3)C(=O)C43CCNCC3)nc(Nc3ccccc3F)c21. The largest absolute Gasteiger partial charge is 0.336 e. The van der Waals surface area contributed by atoms with Crippen molar-refractivity contribution in [1.82, 2.24) is 24.8 Å². The minimum absolute atomic E-state index is 0.151. The number of rotatable bonds is 6. The number of benzene rings is 2. The van der Waals surface area contributed by atoms with Gasteiger partial charge in [-0.3, -0.25) is 4.79 Å². The van der Waals surface area contributed by atoms with Crippen molar-refractivity contribution in [2.75, 3.05) is 37.4 Å². The number of fused-ring (bicyclic) bond motifs is 3. The van der Waals surface area contributed by atoms with Crippen LogP contribution < -0.4 is 15.5 Å². The van der Waals surface area contributed by atoms with Crippen molar-refractivity contribution in [2.45, 2.75) is 63.1 Å². The van der Waals surface area contributed by atoms with Gasteiger partial charge in [-0.1, -0.05) is 24.3 Å². The Kier molecular flexibility index (Phi) is 6.55. The average molecular weight is 568 g/mol. The number of nitrogens with zero attached hydrogens (tertiary/aromatic N) is 5. The van der Waals surface area contributed by atoms with Crippen LogP contribution in [-0.4, -0.2) is 64.6 Å². The Balaban J connectivity index is 1.34. The molecule has 2 aromatic heterocycles. The van der Waals surface area contributed by atoms with E-state index in [2.05, 4.69) is 71.1 Å². The van der Waals surface area contributed by atoms with Crippen molar-refractivity contribution in [2.24, 2.45) is 0 Å². The van der Waals surface area contributed by atoms with Crippen LogP contribution in [0.4, 0.5) is 21.6 Å². The van der Waals surface area contributed by atoms with Gasteiger partial charge in [-0.05, 0) is 96.5 Å². The zero-order chi connectivity index (χ0) is 29.2. The molecule has 2 aliphatic heterocycles. The summed E-state index contributed by atoms with van der Waals surface area (Å²) < 4.78 is 16.8. The fourth-order valence-corrected chi connectivity index (χ4v) is 7.02. The Morgan fingerprint density at radius 2 is 1.86 bits per heavy atom. The lowest BCUT2D eigenvalue weighted by Crippen LogP contribution is -2.56. The number of carbonyl (C=O) groups excluding carboxylic acids is 1. The van der Waals surface area contributed by atoms with Crippen LogP contribution in [-0.2, 0) is 10.2 Å². The van der Waals surface area contributed by atoms with E-state index in [4.69, 9.17) is 9.97 Å². The molecule has 2 fully saturated rings. The number of para-hydroxylation sites is 1. The number of hydrogen-bond donors (Lipinski definition) is 2. The van der Waals surface area contributed by atoms with Crippen molar-refractivity contribution in [3.05, 3.63) is 66.2 Å². The Bertz CT molecular complexity index is 1670. The highest BCUT2D eigenvalue weighted by molar-refractivity contribution is 6.09. The first-order valence-electron chi connectivity index (χ1n) is 15.0. The number of halogens is 1. The summed E-state index contributed by atoms with van der Waals surface area (Å²) in [5.41, 5.74) is 5.30. The summed E-state index contributed by atoms with van der Waals surface area (Å²) in [7, 11) is 4.23. The van der Waals surface area contributed by atoms with Crippen LogP contribution in [0.25, 0.3) is 22.3 Å². The van der Waals surface area contributed by atoms with Gasteiger partial charge in [-0.15, -0.1) is 0 Å². The van der Waals surface area contributed by atoms with Crippen molar-refractivity contribution >= 4 is 34.1 Å². The maximum atomic E-state index is 14.7. The zero-order valence-electron chi connectivity index (χ0n) is 24.7. The standard InChI is InChI=1S/C33H38FN7O/c1-20(2)40-19-36-28-18-27(38-31(30(28)40)37-26-8-6-5-7-25(26)34)21-9-10-24-29(15-21)41(23-16-22(17-23)39(3)4)32(42)33(24)11-13-35-14-12-33/h5-10,15,18-20,22-23,35H,11-14,16-17H2,1-4H3,(H,37,38)/t22-,23+. The van der Waals surface area contributed by atoms with Gasteiger partial charge in [-0.2, -0.15) is 0 Å². The van der Waals surface area contributed by atoms with E-state index in [1.165, 1.54) is 6.07 Å². The number of hydrogen-bond acceptors (Lipinski definition) is 6. The van der Waals surface area contributed by atoms with Crippen LogP contribution in [0.3, 0.4) is 0 Å². The molecular weight excluding hydrogens is 529 g/mol. The highest BCUT2D eigenvalue weighted by atomic mass is 19.1. The van der Waals surface area contributed by atoms with E-state index >= 15 is 0 Å². The van der Waals surface area contributed by atoms with Crippen molar-refractivity contribution in [3.63, 3.8) is 0 Å². The van der Waals surface area contributed by atoms with Gasteiger partial charge in [0, 0.05) is 29.4 Å². The number of amides is 1. The molecule has 4 aromatic rings. The van der Waals surface area contributed by atoms with E-state index in [-0.39, 0.29) is 23.8 Å². The first-order chi connectivity index (χ1) is 20.3. The molecule has 1 amide bonds. The maximum Gasteiger partial charge on any atom is 0.238 e. The fraction of sp³-hybridized carbons (Fsp3) is 0.424. The molecule has 0 atom stereocenters. The Labute approximate surface area is 245 Å². The van der Waals surface area contributed by atoms with Crippen LogP contribution in [0, 0.1) is 5.82 Å². The lowest BCUT2D eigenvalue weighted by molar-refractivity contribution is -0.125. The molecule has 1 aliphatic carbocycles. The third-order valence-electron chi connectivity index (χ3n) is 9.57. The number of anilines is 3. The van der Waals surface area contributed by atoms with Gasteiger partial charge in [0.1, 0.15) is 11.3 Å². The van der Waals surface area contributed by atoms with E-state index in [0.717, 1.165) is 72.3 Å². The molecule has 7 rings (SSSR count). The second kappa shape index (κ2) is 10.2. The van der Waals surface area contributed by atoms with E-state index in [1.54, 1.807) is 18.2 Å². The molecule has 218 valence electrons. The second-order valence-electron chi connectivity index (χ2n) is 12.6. The van der Waals surface area contributed by atoms with Gasteiger partial charge in [-0.25, -0.2) is 14.4 Å². The van der Waals surface area contributed by atoms with Gasteiger partial charge in [0.25, 0.3) is 0 Å². The minimum atomic E-state index is -0.465. The molecular formula is C33H38FN7O. The smallest absolute Gasteiger partial charge is 0.238 e. The van der Waals surface area contributed by atoms with Gasteiger partial charge in [0.2, 0.25) is 5.91 Å². The van der Waals surface area contributed by atoms with Crippen molar-refractivity contribution in [3.8, 4) is 11.3 Å². The van der Waals surface area contributed by atoms with Crippen molar-refractivity contribution in [1.29, 1.82) is 0 Å². The quantitative estimate of drug-likeness (QED) is 0.315.